The Bertz CT molecular complexity index is 433. The van der Waals surface area contributed by atoms with Gasteiger partial charge in [-0.25, -0.2) is 0 Å². The van der Waals surface area contributed by atoms with Gasteiger partial charge in [0.05, 0.1) is 18.7 Å². The first-order chi connectivity index (χ1) is 12.3. The molecular formula is C18H35O7P. The second-order valence-corrected chi connectivity index (χ2v) is 8.52. The zero-order valence-electron chi connectivity index (χ0n) is 15.9. The molecule has 0 aromatic heterocycles. The lowest BCUT2D eigenvalue weighted by Crippen LogP contribution is -2.20. The molecule has 0 aromatic rings. The highest BCUT2D eigenvalue weighted by Crippen LogP contribution is 2.38. The van der Waals surface area contributed by atoms with E-state index in [1.54, 1.807) is 0 Å². The molecule has 0 bridgehead atoms. The number of carboxylic acids is 1. The predicted molar refractivity (Wildman–Crippen MR) is 100 cm³/mol. The fourth-order valence-corrected chi connectivity index (χ4v) is 3.63. The molecule has 0 spiro atoms. The average molecular weight is 394 g/mol. The summed E-state index contributed by atoms with van der Waals surface area (Å²) in [5, 5.41) is 8.93. The number of unbranched alkanes of at least 4 members (excludes halogenated alkanes) is 9. The van der Waals surface area contributed by atoms with Crippen LogP contribution in [0.5, 0.6) is 0 Å². The summed E-state index contributed by atoms with van der Waals surface area (Å²) in [7, 11) is -4.42. The van der Waals surface area contributed by atoms with Gasteiger partial charge in [-0.15, -0.1) is 0 Å². The van der Waals surface area contributed by atoms with E-state index in [2.05, 4.69) is 6.92 Å². The Labute approximate surface area is 156 Å². The molecule has 1 unspecified atom stereocenters. The number of carboxylic acid groups (broad SMARTS) is 1. The molecule has 0 radical (unpaired) electrons. The highest BCUT2D eigenvalue weighted by atomic mass is 31.2. The summed E-state index contributed by atoms with van der Waals surface area (Å²) >= 11 is 0. The van der Waals surface area contributed by atoms with Crippen LogP contribution in [0.2, 0.25) is 0 Å². The molecule has 0 heterocycles. The quantitative estimate of drug-likeness (QED) is 0.193. The maximum atomic E-state index is 11.6. The van der Waals surface area contributed by atoms with Crippen molar-refractivity contribution in [2.45, 2.75) is 84.0 Å². The molecule has 8 heteroatoms. The van der Waals surface area contributed by atoms with Crippen LogP contribution in [0, 0.1) is 5.92 Å². The van der Waals surface area contributed by atoms with E-state index in [9.17, 15) is 14.2 Å². The van der Waals surface area contributed by atoms with Gasteiger partial charge in [0, 0.05) is 6.42 Å². The van der Waals surface area contributed by atoms with Gasteiger partial charge in [0.1, 0.15) is 0 Å². The van der Waals surface area contributed by atoms with Gasteiger partial charge < -0.3 is 19.6 Å². The third kappa shape index (κ3) is 16.6. The van der Waals surface area contributed by atoms with Crippen molar-refractivity contribution in [2.75, 3.05) is 12.8 Å². The van der Waals surface area contributed by atoms with Crippen molar-refractivity contribution >= 4 is 19.5 Å². The van der Waals surface area contributed by atoms with E-state index in [0.717, 1.165) is 19.3 Å². The monoisotopic (exact) mass is 394 g/mol. The minimum absolute atomic E-state index is 0.128. The van der Waals surface area contributed by atoms with Gasteiger partial charge in [0.2, 0.25) is 0 Å². The van der Waals surface area contributed by atoms with Gasteiger partial charge in [0.15, 0.2) is 0 Å². The van der Waals surface area contributed by atoms with Crippen molar-refractivity contribution in [3.05, 3.63) is 0 Å². The van der Waals surface area contributed by atoms with Crippen LogP contribution in [-0.2, 0) is 18.9 Å². The molecule has 154 valence electrons. The molecule has 7 nitrogen and oxygen atoms in total. The number of ether oxygens (including phenoxy) is 1. The number of aliphatic carboxylic acids is 1. The highest BCUT2D eigenvalue weighted by Gasteiger charge is 2.27. The Morgan fingerprint density at radius 3 is 1.88 bits per heavy atom. The van der Waals surface area contributed by atoms with E-state index in [1.165, 1.54) is 44.9 Å². The molecule has 0 aliphatic heterocycles. The molecule has 0 rings (SSSR count). The first kappa shape index (κ1) is 25.1. The zero-order chi connectivity index (χ0) is 19.8. The molecule has 0 amide bonds. The van der Waals surface area contributed by atoms with Crippen LogP contribution in [0.3, 0.4) is 0 Å². The van der Waals surface area contributed by atoms with Crippen LogP contribution in [0.4, 0.5) is 0 Å². The maximum absolute atomic E-state index is 11.6. The zero-order valence-corrected chi connectivity index (χ0v) is 16.8. The van der Waals surface area contributed by atoms with Crippen molar-refractivity contribution in [3.63, 3.8) is 0 Å². The van der Waals surface area contributed by atoms with E-state index in [4.69, 9.17) is 19.6 Å². The summed E-state index contributed by atoms with van der Waals surface area (Å²) in [5.41, 5.74) is 0. The summed E-state index contributed by atoms with van der Waals surface area (Å²) < 4.78 is 15.9. The highest BCUT2D eigenvalue weighted by molar-refractivity contribution is 7.51. The minimum Gasteiger partial charge on any atom is -0.481 e. The predicted octanol–water partition coefficient (Wildman–Crippen LogP) is 4.11. The largest absolute Gasteiger partial charge is 0.481 e. The third-order valence-corrected chi connectivity index (χ3v) is 5.18. The van der Waals surface area contributed by atoms with E-state index >= 15 is 0 Å². The van der Waals surface area contributed by atoms with E-state index in [-0.39, 0.29) is 12.8 Å². The molecule has 26 heavy (non-hydrogen) atoms. The Morgan fingerprint density at radius 1 is 0.923 bits per heavy atom. The smallest absolute Gasteiger partial charge is 0.326 e. The number of rotatable bonds is 17. The van der Waals surface area contributed by atoms with Gasteiger partial charge in [-0.3, -0.25) is 14.2 Å². The van der Waals surface area contributed by atoms with E-state index < -0.39 is 31.6 Å². The van der Waals surface area contributed by atoms with Crippen molar-refractivity contribution in [1.82, 2.24) is 0 Å². The lowest BCUT2D eigenvalue weighted by molar-refractivity contribution is -0.145. The summed E-state index contributed by atoms with van der Waals surface area (Å²) in [4.78, 5) is 40.2. The number of hydrogen-bond acceptors (Lipinski definition) is 4. The van der Waals surface area contributed by atoms with E-state index in [1.807, 2.05) is 0 Å². The summed E-state index contributed by atoms with van der Waals surface area (Å²) in [5.74, 6) is -3.06. The first-order valence-corrected chi connectivity index (χ1v) is 11.5. The second-order valence-electron chi connectivity index (χ2n) is 6.82. The topological polar surface area (TPSA) is 121 Å². The maximum Gasteiger partial charge on any atom is 0.326 e. The van der Waals surface area contributed by atoms with Crippen LogP contribution in [0.1, 0.15) is 84.0 Å². The van der Waals surface area contributed by atoms with Gasteiger partial charge >= 0.3 is 19.5 Å². The fourth-order valence-electron chi connectivity index (χ4n) is 2.72. The summed E-state index contributed by atoms with van der Waals surface area (Å²) in [6.45, 7) is 2.52. The lowest BCUT2D eigenvalue weighted by Gasteiger charge is -2.12. The van der Waals surface area contributed by atoms with Crippen LogP contribution in [-0.4, -0.2) is 39.6 Å². The molecule has 0 saturated carbocycles. The average Bonchev–Trinajstić information content (AvgIpc) is 2.55. The van der Waals surface area contributed by atoms with Crippen LogP contribution < -0.4 is 0 Å². The molecule has 0 aliphatic carbocycles. The molecule has 1 atom stereocenters. The van der Waals surface area contributed by atoms with Gasteiger partial charge in [-0.1, -0.05) is 64.7 Å². The Hall–Kier alpha value is -0.910. The summed E-state index contributed by atoms with van der Waals surface area (Å²) in [6.07, 6.45) is 10.8. The van der Waals surface area contributed by atoms with E-state index in [0.29, 0.717) is 6.61 Å². The SMILES string of the molecule is CCCCCCCCCCCCOC(=O)CCC(CP(=O)(O)O)C(=O)O. The molecule has 0 aliphatic rings. The number of hydrogen-bond donors (Lipinski definition) is 3. The Kier molecular flexibility index (Phi) is 14.6. The molecule has 0 saturated heterocycles. The molecule has 0 aromatic carbocycles. The van der Waals surface area contributed by atoms with Gasteiger partial charge in [-0.05, 0) is 12.8 Å². The third-order valence-electron chi connectivity index (χ3n) is 4.27. The van der Waals surface area contributed by atoms with Crippen LogP contribution >= 0.6 is 7.60 Å². The number of carbonyl (C=O) groups excluding carboxylic acids is 1. The van der Waals surface area contributed by atoms with Crippen LogP contribution in [0.15, 0.2) is 0 Å². The lowest BCUT2D eigenvalue weighted by atomic mass is 10.1. The molecule has 3 N–H and O–H groups in total. The Balaban J connectivity index is 3.62. The number of carbonyl (C=O) groups is 2. The molecular weight excluding hydrogens is 359 g/mol. The van der Waals surface area contributed by atoms with Crippen molar-refractivity contribution in [1.29, 1.82) is 0 Å². The van der Waals surface area contributed by atoms with Gasteiger partial charge in [0.25, 0.3) is 0 Å². The Morgan fingerprint density at radius 2 is 1.42 bits per heavy atom. The second kappa shape index (κ2) is 15.2. The van der Waals surface area contributed by atoms with Crippen LogP contribution in [0.25, 0.3) is 0 Å². The summed E-state index contributed by atoms with van der Waals surface area (Å²) in [6, 6.07) is 0. The van der Waals surface area contributed by atoms with Crippen molar-refractivity contribution in [2.24, 2.45) is 5.92 Å². The van der Waals surface area contributed by atoms with Gasteiger partial charge in [-0.2, -0.15) is 0 Å². The number of esters is 1. The first-order valence-electron chi connectivity index (χ1n) is 9.69. The fraction of sp³-hybridized carbons (Fsp3) is 0.889. The van der Waals surface area contributed by atoms with Crippen molar-refractivity contribution in [3.8, 4) is 0 Å². The molecule has 0 fully saturated rings. The minimum atomic E-state index is -4.42. The van der Waals surface area contributed by atoms with Crippen molar-refractivity contribution < 1.29 is 33.8 Å². The normalized spacial score (nSPS) is 12.7. The standard InChI is InChI=1S/C18H35O7P/c1-2-3-4-5-6-7-8-9-10-11-14-25-17(19)13-12-16(18(20)21)15-26(22,23)24/h16H,2-15H2,1H3,(H,20,21)(H2,22,23,24).